The van der Waals surface area contributed by atoms with Crippen LogP contribution in [0.2, 0.25) is 0 Å². The van der Waals surface area contributed by atoms with Crippen LogP contribution in [-0.4, -0.2) is 18.1 Å². The fourth-order valence-corrected chi connectivity index (χ4v) is 1.33. The molecule has 0 spiro atoms. The lowest BCUT2D eigenvalue weighted by molar-refractivity contribution is 0.445. The summed E-state index contributed by atoms with van der Waals surface area (Å²) in [7, 11) is 0. The summed E-state index contributed by atoms with van der Waals surface area (Å²) in [5, 5.41) is 3.17. The third kappa shape index (κ3) is 1.20. The highest BCUT2D eigenvalue weighted by Gasteiger charge is 2.19. The molecule has 0 atom stereocenters. The number of nitrogens with zero attached hydrogens (tertiary/aromatic N) is 1. The summed E-state index contributed by atoms with van der Waals surface area (Å²) < 4.78 is 12.8. The van der Waals surface area contributed by atoms with Crippen molar-refractivity contribution in [1.82, 2.24) is 10.3 Å². The largest absolute Gasteiger partial charge is 0.315 e. The second kappa shape index (κ2) is 2.83. The lowest BCUT2D eigenvalue weighted by Gasteiger charge is -2.27. The molecule has 0 aromatic carbocycles. The highest BCUT2D eigenvalue weighted by molar-refractivity contribution is 5.24. The van der Waals surface area contributed by atoms with Gasteiger partial charge in [-0.2, -0.15) is 4.39 Å². The minimum Gasteiger partial charge on any atom is -0.315 e. The molecule has 1 aromatic heterocycles. The second-order valence-corrected chi connectivity index (χ2v) is 3.23. The van der Waals surface area contributed by atoms with Gasteiger partial charge in [-0.3, -0.25) is 0 Å². The van der Waals surface area contributed by atoms with E-state index in [0.717, 1.165) is 18.7 Å². The van der Waals surface area contributed by atoms with E-state index < -0.39 is 0 Å². The summed E-state index contributed by atoms with van der Waals surface area (Å²) >= 11 is 0. The Morgan fingerprint density at radius 3 is 2.83 bits per heavy atom. The van der Waals surface area contributed by atoms with Crippen LogP contribution < -0.4 is 5.32 Å². The second-order valence-electron chi connectivity index (χ2n) is 3.23. The lowest BCUT2D eigenvalue weighted by atomic mass is 9.94. The van der Waals surface area contributed by atoms with Gasteiger partial charge < -0.3 is 5.32 Å². The molecular formula is C9H11FN2. The van der Waals surface area contributed by atoms with Crippen molar-refractivity contribution in [2.24, 2.45) is 0 Å². The number of aryl methyl sites for hydroxylation is 1. The fourth-order valence-electron chi connectivity index (χ4n) is 1.33. The van der Waals surface area contributed by atoms with Crippen LogP contribution in [0.4, 0.5) is 4.39 Å². The van der Waals surface area contributed by atoms with Crippen molar-refractivity contribution in [2.45, 2.75) is 12.8 Å². The quantitative estimate of drug-likeness (QED) is 0.634. The van der Waals surface area contributed by atoms with Crippen LogP contribution in [0.3, 0.4) is 0 Å². The summed E-state index contributed by atoms with van der Waals surface area (Å²) in [6, 6.07) is 1.88. The number of nitrogens with one attached hydrogen (secondary N) is 1. The van der Waals surface area contributed by atoms with Crippen LogP contribution in [0.25, 0.3) is 0 Å². The minimum atomic E-state index is -0.356. The maximum atomic E-state index is 12.8. The number of aromatic nitrogens is 1. The Hall–Kier alpha value is -0.960. The number of hydrogen-bond donors (Lipinski definition) is 1. The molecule has 1 fully saturated rings. The first-order chi connectivity index (χ1) is 5.77. The van der Waals surface area contributed by atoms with Crippen molar-refractivity contribution in [3.8, 4) is 0 Å². The predicted molar refractivity (Wildman–Crippen MR) is 44.5 cm³/mol. The van der Waals surface area contributed by atoms with Crippen LogP contribution in [-0.2, 0) is 0 Å². The van der Waals surface area contributed by atoms with Crippen LogP contribution >= 0.6 is 0 Å². The summed E-state index contributed by atoms with van der Waals surface area (Å²) in [5.41, 5.74) is 1.78. The molecule has 1 N–H and O–H groups in total. The zero-order valence-electron chi connectivity index (χ0n) is 6.97. The van der Waals surface area contributed by atoms with Gasteiger partial charge in [0.15, 0.2) is 0 Å². The topological polar surface area (TPSA) is 24.9 Å². The van der Waals surface area contributed by atoms with Crippen molar-refractivity contribution in [1.29, 1.82) is 0 Å². The molecule has 3 heteroatoms. The molecule has 1 aliphatic heterocycles. The highest BCUT2D eigenvalue weighted by Crippen LogP contribution is 2.20. The van der Waals surface area contributed by atoms with Gasteiger partial charge >= 0.3 is 0 Å². The highest BCUT2D eigenvalue weighted by atomic mass is 19.1. The molecule has 1 aliphatic rings. The maximum absolute atomic E-state index is 12.8. The molecule has 1 saturated heterocycles. The van der Waals surface area contributed by atoms with Gasteiger partial charge in [0.25, 0.3) is 0 Å². The summed E-state index contributed by atoms with van der Waals surface area (Å²) in [4.78, 5) is 3.69. The van der Waals surface area contributed by atoms with E-state index in [2.05, 4.69) is 10.3 Å². The fraction of sp³-hybridized carbons (Fsp3) is 0.444. The van der Waals surface area contributed by atoms with Gasteiger partial charge in [-0.05, 0) is 18.6 Å². The molecular weight excluding hydrogens is 155 g/mol. The van der Waals surface area contributed by atoms with Gasteiger partial charge in [0.2, 0.25) is 5.95 Å². The number of hydrogen-bond acceptors (Lipinski definition) is 2. The number of pyridine rings is 1. The zero-order valence-corrected chi connectivity index (χ0v) is 6.97. The lowest BCUT2D eigenvalue weighted by Crippen LogP contribution is -2.39. The Morgan fingerprint density at radius 1 is 1.58 bits per heavy atom. The van der Waals surface area contributed by atoms with Crippen LogP contribution in [0, 0.1) is 12.9 Å². The number of rotatable bonds is 1. The number of halogens is 1. The Labute approximate surface area is 70.8 Å². The van der Waals surface area contributed by atoms with E-state index in [9.17, 15) is 4.39 Å². The van der Waals surface area contributed by atoms with Crippen molar-refractivity contribution in [3.63, 3.8) is 0 Å². The third-order valence-corrected chi connectivity index (χ3v) is 2.29. The van der Waals surface area contributed by atoms with E-state index in [1.54, 1.807) is 13.1 Å². The Balaban J connectivity index is 2.27. The Morgan fingerprint density at radius 2 is 2.33 bits per heavy atom. The van der Waals surface area contributed by atoms with Crippen molar-refractivity contribution in [3.05, 3.63) is 29.3 Å². The van der Waals surface area contributed by atoms with E-state index in [1.807, 2.05) is 6.07 Å². The molecule has 0 amide bonds. The normalized spacial score (nSPS) is 17.5. The van der Waals surface area contributed by atoms with Crippen LogP contribution in [0.1, 0.15) is 17.0 Å². The average molecular weight is 166 g/mol. The van der Waals surface area contributed by atoms with Crippen LogP contribution in [0.15, 0.2) is 12.3 Å². The maximum Gasteiger partial charge on any atom is 0.215 e. The summed E-state index contributed by atoms with van der Waals surface area (Å²) in [6.45, 7) is 3.73. The Bertz CT molecular complexity index is 295. The molecule has 0 unspecified atom stereocenters. The molecule has 0 aliphatic carbocycles. The van der Waals surface area contributed by atoms with E-state index in [0.29, 0.717) is 11.5 Å². The standard InChI is InChI=1S/C9H11FN2/c1-6-2-7(5-12-9(6)10)8-3-11-4-8/h2,5,8,11H,3-4H2,1H3. The van der Waals surface area contributed by atoms with E-state index >= 15 is 0 Å². The molecule has 12 heavy (non-hydrogen) atoms. The van der Waals surface area contributed by atoms with Gasteiger partial charge in [-0.25, -0.2) is 4.98 Å². The van der Waals surface area contributed by atoms with Gasteiger partial charge in [-0.15, -0.1) is 0 Å². The monoisotopic (exact) mass is 166 g/mol. The van der Waals surface area contributed by atoms with E-state index in [4.69, 9.17) is 0 Å². The van der Waals surface area contributed by atoms with E-state index in [-0.39, 0.29) is 5.95 Å². The molecule has 0 radical (unpaired) electrons. The Kier molecular flexibility index (Phi) is 1.81. The van der Waals surface area contributed by atoms with Crippen molar-refractivity contribution in [2.75, 3.05) is 13.1 Å². The minimum absolute atomic E-state index is 0.356. The third-order valence-electron chi connectivity index (χ3n) is 2.29. The van der Waals surface area contributed by atoms with Gasteiger partial charge in [0.05, 0.1) is 0 Å². The molecule has 64 valence electrons. The first kappa shape index (κ1) is 7.68. The molecule has 0 saturated carbocycles. The SMILES string of the molecule is Cc1cc(C2CNC2)cnc1F. The summed E-state index contributed by atoms with van der Waals surface area (Å²) in [6.07, 6.45) is 1.63. The van der Waals surface area contributed by atoms with E-state index in [1.165, 1.54) is 0 Å². The van der Waals surface area contributed by atoms with Crippen molar-refractivity contribution >= 4 is 0 Å². The molecule has 2 nitrogen and oxygen atoms in total. The predicted octanol–water partition coefficient (Wildman–Crippen LogP) is 1.22. The van der Waals surface area contributed by atoms with Gasteiger partial charge in [0.1, 0.15) is 0 Å². The molecule has 1 aromatic rings. The summed E-state index contributed by atoms with van der Waals surface area (Å²) in [5.74, 6) is 0.183. The first-order valence-electron chi connectivity index (χ1n) is 4.10. The molecule has 0 bridgehead atoms. The average Bonchev–Trinajstić information content (AvgIpc) is 1.93. The van der Waals surface area contributed by atoms with Crippen molar-refractivity contribution < 1.29 is 4.39 Å². The molecule has 2 heterocycles. The first-order valence-corrected chi connectivity index (χ1v) is 4.10. The van der Waals surface area contributed by atoms with Gasteiger partial charge in [-0.1, -0.05) is 0 Å². The van der Waals surface area contributed by atoms with Crippen LogP contribution in [0.5, 0.6) is 0 Å². The van der Waals surface area contributed by atoms with Gasteiger partial charge in [0, 0.05) is 30.8 Å². The zero-order chi connectivity index (χ0) is 8.55. The smallest absolute Gasteiger partial charge is 0.215 e. The molecule has 2 rings (SSSR count).